The van der Waals surface area contributed by atoms with E-state index >= 15 is 0 Å². The molecule has 300 valence electrons. The summed E-state index contributed by atoms with van der Waals surface area (Å²) in [6.45, 7) is 5.19. The molecule has 57 heavy (non-hydrogen) atoms. The molecule has 0 amide bonds. The molecule has 0 radical (unpaired) electrons. The molecule has 2 saturated carbocycles. The molecule has 1 heterocycles. The van der Waals surface area contributed by atoms with Crippen LogP contribution in [0.5, 0.6) is 17.2 Å². The van der Waals surface area contributed by atoms with Gasteiger partial charge in [0.15, 0.2) is 0 Å². The molecule has 2 fully saturated rings. The number of rotatable bonds is 18. The van der Waals surface area contributed by atoms with E-state index in [2.05, 4.69) is 73.3 Å². The van der Waals surface area contributed by atoms with Crippen molar-refractivity contribution in [2.24, 2.45) is 22.9 Å². The Morgan fingerprint density at radius 3 is 2.37 bits per heavy atom. The zero-order valence-corrected chi connectivity index (χ0v) is 33.8. The van der Waals surface area contributed by atoms with Crippen molar-refractivity contribution >= 4 is 28.2 Å². The van der Waals surface area contributed by atoms with Crippen LogP contribution in [0.3, 0.4) is 0 Å². The minimum absolute atomic E-state index is 0.0165. The van der Waals surface area contributed by atoms with Gasteiger partial charge in [0.2, 0.25) is 5.79 Å². The van der Waals surface area contributed by atoms with E-state index in [0.717, 1.165) is 83.6 Å². The first kappa shape index (κ1) is 39.7. The molecule has 0 bridgehead atoms. The van der Waals surface area contributed by atoms with E-state index in [9.17, 15) is 10.2 Å². The largest absolute Gasteiger partial charge is 0.460 e. The lowest BCUT2D eigenvalue weighted by molar-refractivity contribution is -0.223. The van der Waals surface area contributed by atoms with Crippen LogP contribution in [0.2, 0.25) is 0 Å². The fourth-order valence-electron chi connectivity index (χ4n) is 9.89. The van der Waals surface area contributed by atoms with E-state index in [0.29, 0.717) is 24.9 Å². The van der Waals surface area contributed by atoms with Crippen LogP contribution in [0.15, 0.2) is 120 Å². The summed E-state index contributed by atoms with van der Waals surface area (Å²) in [6.07, 6.45) is 15.1. The third-order valence-electron chi connectivity index (χ3n) is 12.5. The van der Waals surface area contributed by atoms with Crippen molar-refractivity contribution in [3.8, 4) is 17.2 Å². The Labute approximate surface area is 342 Å². The number of hydrogen-bond acceptors (Lipinski definition) is 8. The Morgan fingerprint density at radius 2 is 1.58 bits per heavy atom. The van der Waals surface area contributed by atoms with Gasteiger partial charge < -0.3 is 29.3 Å². The van der Waals surface area contributed by atoms with E-state index in [1.165, 1.54) is 31.1 Å². The first-order valence-electron chi connectivity index (χ1n) is 21.2. The number of hydrogen-bond donors (Lipinski definition) is 2. The Kier molecular flexibility index (Phi) is 13.0. The monoisotopic (exact) mass is 787 g/mol. The number of allylic oxidation sites excluding steroid dienone is 1. The third kappa shape index (κ3) is 8.70. The van der Waals surface area contributed by atoms with E-state index in [-0.39, 0.29) is 42.1 Å². The SMILES string of the molecule is C=CCOC12Oc3ccc(Oc4ccc5ccccc5c4)cc3C3C(CCCCO)C(CCCCO)C=C(C(=NOCc4ccccc4)CC1SC1CCCC1)C32. The van der Waals surface area contributed by atoms with Gasteiger partial charge in [0.05, 0.1) is 23.5 Å². The molecule has 2 N–H and O–H groups in total. The first-order valence-corrected chi connectivity index (χ1v) is 22.1. The minimum atomic E-state index is -0.963. The molecule has 6 atom stereocenters. The van der Waals surface area contributed by atoms with Crippen LogP contribution in [-0.2, 0) is 16.2 Å². The number of ether oxygens (including phenoxy) is 3. The predicted octanol–water partition coefficient (Wildman–Crippen LogP) is 11.1. The molecule has 0 saturated heterocycles. The number of oxime groups is 1. The number of aliphatic hydroxyl groups excluding tert-OH is 2. The molecule has 6 unspecified atom stereocenters. The van der Waals surface area contributed by atoms with Crippen molar-refractivity contribution in [2.75, 3.05) is 19.8 Å². The van der Waals surface area contributed by atoms with Crippen LogP contribution in [0.4, 0.5) is 0 Å². The van der Waals surface area contributed by atoms with Crippen molar-refractivity contribution in [1.82, 2.24) is 0 Å². The highest BCUT2D eigenvalue weighted by Gasteiger charge is 2.64. The summed E-state index contributed by atoms with van der Waals surface area (Å²) in [5.41, 5.74) is 4.33. The summed E-state index contributed by atoms with van der Waals surface area (Å²) in [7, 11) is 0. The maximum Gasteiger partial charge on any atom is 0.230 e. The zero-order valence-electron chi connectivity index (χ0n) is 33.0. The van der Waals surface area contributed by atoms with Crippen molar-refractivity contribution in [1.29, 1.82) is 0 Å². The molecular formula is C49H57NO6S. The van der Waals surface area contributed by atoms with Crippen molar-refractivity contribution in [2.45, 2.75) is 99.4 Å². The highest BCUT2D eigenvalue weighted by Crippen LogP contribution is 2.63. The predicted molar refractivity (Wildman–Crippen MR) is 230 cm³/mol. The van der Waals surface area contributed by atoms with Crippen LogP contribution < -0.4 is 9.47 Å². The van der Waals surface area contributed by atoms with Crippen LogP contribution >= 0.6 is 11.8 Å². The number of nitrogens with zero attached hydrogens (tertiary/aromatic N) is 1. The summed E-state index contributed by atoms with van der Waals surface area (Å²) in [5.74, 6) is 1.73. The lowest BCUT2D eigenvalue weighted by Crippen LogP contribution is -2.64. The number of benzene rings is 4. The molecule has 0 spiro atoms. The van der Waals surface area contributed by atoms with Crippen molar-refractivity contribution in [3.05, 3.63) is 126 Å². The lowest BCUT2D eigenvalue weighted by atomic mass is 9.56. The van der Waals surface area contributed by atoms with E-state index in [4.69, 9.17) is 24.2 Å². The number of thioether (sulfide) groups is 1. The van der Waals surface area contributed by atoms with Gasteiger partial charge in [-0.1, -0.05) is 104 Å². The van der Waals surface area contributed by atoms with E-state index in [1.54, 1.807) is 0 Å². The Balaban J connectivity index is 1.26. The second-order valence-electron chi connectivity index (χ2n) is 16.2. The van der Waals surface area contributed by atoms with Crippen LogP contribution in [-0.4, -0.2) is 52.0 Å². The maximum absolute atomic E-state index is 9.97. The Bertz CT molecular complexity index is 2030. The Hall–Kier alpha value is -4.08. The van der Waals surface area contributed by atoms with Gasteiger partial charge in [0, 0.05) is 36.4 Å². The normalized spacial score (nSPS) is 26.0. The van der Waals surface area contributed by atoms with E-state index in [1.807, 2.05) is 48.2 Å². The molecular weight excluding hydrogens is 731 g/mol. The second kappa shape index (κ2) is 18.7. The van der Waals surface area contributed by atoms with Gasteiger partial charge in [-0.2, -0.15) is 0 Å². The average Bonchev–Trinajstić information content (AvgIpc) is 3.76. The molecule has 4 aromatic rings. The zero-order chi connectivity index (χ0) is 39.0. The molecule has 8 rings (SSSR count). The van der Waals surface area contributed by atoms with Gasteiger partial charge in [-0.25, -0.2) is 0 Å². The van der Waals surface area contributed by atoms with Crippen molar-refractivity contribution in [3.63, 3.8) is 0 Å². The van der Waals surface area contributed by atoms with Gasteiger partial charge >= 0.3 is 0 Å². The van der Waals surface area contributed by atoms with Crippen LogP contribution in [0.1, 0.15) is 87.7 Å². The minimum Gasteiger partial charge on any atom is -0.460 e. The van der Waals surface area contributed by atoms with Crippen LogP contribution in [0, 0.1) is 17.8 Å². The highest BCUT2D eigenvalue weighted by atomic mass is 32.2. The average molecular weight is 788 g/mol. The second-order valence-corrected chi connectivity index (χ2v) is 17.7. The smallest absolute Gasteiger partial charge is 0.230 e. The number of aliphatic hydroxyl groups is 2. The molecule has 3 aliphatic carbocycles. The molecule has 0 aromatic heterocycles. The highest BCUT2D eigenvalue weighted by molar-refractivity contribution is 8.00. The van der Waals surface area contributed by atoms with Gasteiger partial charge in [-0.05, 0) is 103 Å². The van der Waals surface area contributed by atoms with Gasteiger partial charge in [0.1, 0.15) is 23.9 Å². The molecule has 1 aliphatic heterocycles. The fourth-order valence-corrected chi connectivity index (χ4v) is 11.7. The third-order valence-corrected chi connectivity index (χ3v) is 14.2. The molecule has 8 heteroatoms. The summed E-state index contributed by atoms with van der Waals surface area (Å²) in [4.78, 5) is 6.25. The Morgan fingerprint density at radius 1 is 0.842 bits per heavy atom. The quantitative estimate of drug-likeness (QED) is 0.0589. The summed E-state index contributed by atoms with van der Waals surface area (Å²) in [6, 6.07) is 31.1. The topological polar surface area (TPSA) is 89.7 Å². The summed E-state index contributed by atoms with van der Waals surface area (Å²) in [5, 5.41) is 27.6. The molecule has 4 aliphatic rings. The maximum atomic E-state index is 9.97. The summed E-state index contributed by atoms with van der Waals surface area (Å²) < 4.78 is 21.2. The van der Waals surface area contributed by atoms with Gasteiger partial charge in [-0.15, -0.1) is 18.3 Å². The van der Waals surface area contributed by atoms with E-state index < -0.39 is 5.79 Å². The first-order chi connectivity index (χ1) is 28.1. The van der Waals surface area contributed by atoms with Crippen LogP contribution in [0.25, 0.3) is 10.8 Å². The molecule has 7 nitrogen and oxygen atoms in total. The lowest BCUT2D eigenvalue weighted by Gasteiger charge is -2.58. The van der Waals surface area contributed by atoms with Gasteiger partial charge in [0.25, 0.3) is 0 Å². The van der Waals surface area contributed by atoms with Crippen molar-refractivity contribution < 1.29 is 29.3 Å². The number of fused-ring (bicyclic) bond motifs is 3. The summed E-state index contributed by atoms with van der Waals surface area (Å²) >= 11 is 2.02. The van der Waals surface area contributed by atoms with Gasteiger partial charge in [-0.3, -0.25) is 0 Å². The fraction of sp³-hybridized carbons (Fsp3) is 0.449. The molecule has 4 aromatic carbocycles. The standard InChI is InChI=1S/C49H57NO6S/c1-2-28-53-49-46(57-40-19-8-9-20-40)32-44(50-54-33-34-14-4-3-5-15-34)42-30-37(18-10-12-26-51)41(21-11-13-27-52)47(48(42)49)43-31-39(24-25-45(43)56-49)55-38-23-22-35-16-6-7-17-36(35)29-38/h2-7,14-17,22-25,29-31,37,40-41,46-48,51-52H,1,8-13,18-21,26-28,32-33H2. The number of unbranched alkanes of at least 4 members (excludes halogenated alkanes) is 2.